The van der Waals surface area contributed by atoms with Gasteiger partial charge in [0.1, 0.15) is 6.10 Å². The Labute approximate surface area is 139 Å². The lowest BCUT2D eigenvalue weighted by Crippen LogP contribution is -2.52. The summed E-state index contributed by atoms with van der Waals surface area (Å²) in [6, 6.07) is 0. The third-order valence-corrected chi connectivity index (χ3v) is 5.09. The summed E-state index contributed by atoms with van der Waals surface area (Å²) < 4.78 is 0. The molecule has 0 bridgehead atoms. The van der Waals surface area contributed by atoms with E-state index < -0.39 is 6.10 Å². The van der Waals surface area contributed by atoms with Crippen molar-refractivity contribution in [1.82, 2.24) is 9.80 Å². The molecule has 0 aromatic heterocycles. The second kappa shape index (κ2) is 11.3. The van der Waals surface area contributed by atoms with Gasteiger partial charge in [-0.05, 0) is 18.9 Å². The molecule has 0 aromatic carbocycles. The Bertz CT molecular complexity index is 308. The fraction of sp³-hybridized carbons (Fsp3) is 0.938. The number of carbonyl (C=O) groups excluding carboxylic acids is 1. The Hall–Kier alpha value is -0.300. The zero-order valence-electron chi connectivity index (χ0n) is 14.2. The molecule has 1 heterocycles. The molecule has 1 fully saturated rings. The van der Waals surface area contributed by atoms with Crippen LogP contribution in [-0.2, 0) is 4.79 Å². The number of aliphatic hydroxyl groups excluding tert-OH is 1. The minimum atomic E-state index is -0.880. The highest BCUT2D eigenvalue weighted by atomic mass is 32.2. The molecule has 1 rings (SSSR count). The Kier molecular flexibility index (Phi) is 10.1. The number of carbonyl (C=O) groups is 1. The van der Waals surface area contributed by atoms with Gasteiger partial charge in [0, 0.05) is 44.2 Å². The van der Waals surface area contributed by atoms with E-state index in [0.29, 0.717) is 12.3 Å². The van der Waals surface area contributed by atoms with Gasteiger partial charge in [-0.25, -0.2) is 0 Å². The van der Waals surface area contributed by atoms with Gasteiger partial charge in [-0.15, -0.1) is 0 Å². The molecule has 130 valence electrons. The van der Waals surface area contributed by atoms with E-state index in [1.807, 2.05) is 0 Å². The first-order valence-corrected chi connectivity index (χ1v) is 9.67. The average Bonchev–Trinajstić information content (AvgIpc) is 2.51. The summed E-state index contributed by atoms with van der Waals surface area (Å²) in [6.45, 7) is 9.57. The van der Waals surface area contributed by atoms with Gasteiger partial charge in [-0.2, -0.15) is 11.8 Å². The number of nitrogens with two attached hydrogens (primary N) is 1. The van der Waals surface area contributed by atoms with Gasteiger partial charge in [-0.3, -0.25) is 9.69 Å². The van der Waals surface area contributed by atoms with Crippen molar-refractivity contribution in [2.24, 2.45) is 11.7 Å². The molecule has 1 aliphatic heterocycles. The number of unbranched alkanes of at least 4 members (excludes halogenated alkanes) is 1. The summed E-state index contributed by atoms with van der Waals surface area (Å²) in [6.07, 6.45) is 2.94. The summed E-state index contributed by atoms with van der Waals surface area (Å²) in [5, 5.41) is 9.92. The quantitative estimate of drug-likeness (QED) is 0.585. The zero-order valence-corrected chi connectivity index (χ0v) is 15.0. The molecular weight excluding hydrogens is 298 g/mol. The normalized spacial score (nSPS) is 18.0. The van der Waals surface area contributed by atoms with E-state index in [-0.39, 0.29) is 5.91 Å². The SMILES string of the molecule is CC(C)CCCCN1CCN(C(=O)C(O)CSCCN)CC1. The number of nitrogens with zero attached hydrogens (tertiary/aromatic N) is 2. The topological polar surface area (TPSA) is 69.8 Å². The molecule has 6 heteroatoms. The molecule has 0 saturated carbocycles. The molecule has 5 nitrogen and oxygen atoms in total. The highest BCUT2D eigenvalue weighted by Gasteiger charge is 2.25. The van der Waals surface area contributed by atoms with E-state index in [9.17, 15) is 9.90 Å². The van der Waals surface area contributed by atoms with Crippen LogP contribution in [0.3, 0.4) is 0 Å². The predicted molar refractivity (Wildman–Crippen MR) is 94.1 cm³/mol. The summed E-state index contributed by atoms with van der Waals surface area (Å²) in [5.74, 6) is 1.90. The summed E-state index contributed by atoms with van der Waals surface area (Å²) in [5.41, 5.74) is 5.41. The molecule has 0 aliphatic carbocycles. The number of rotatable bonds is 10. The second-order valence-corrected chi connectivity index (χ2v) is 7.59. The van der Waals surface area contributed by atoms with E-state index in [2.05, 4.69) is 18.7 Å². The monoisotopic (exact) mass is 331 g/mol. The molecule has 3 N–H and O–H groups in total. The van der Waals surface area contributed by atoms with Crippen LogP contribution in [0.15, 0.2) is 0 Å². The van der Waals surface area contributed by atoms with Gasteiger partial charge < -0.3 is 15.7 Å². The summed E-state index contributed by atoms with van der Waals surface area (Å²) in [4.78, 5) is 16.4. The Balaban J connectivity index is 2.16. The third-order valence-electron chi connectivity index (χ3n) is 4.01. The van der Waals surface area contributed by atoms with Crippen LogP contribution in [0.5, 0.6) is 0 Å². The fourth-order valence-corrected chi connectivity index (χ4v) is 3.34. The fourth-order valence-electron chi connectivity index (χ4n) is 2.64. The summed E-state index contributed by atoms with van der Waals surface area (Å²) in [7, 11) is 0. The van der Waals surface area contributed by atoms with Crippen LogP contribution >= 0.6 is 11.8 Å². The van der Waals surface area contributed by atoms with Gasteiger partial charge in [0.25, 0.3) is 5.91 Å². The second-order valence-electron chi connectivity index (χ2n) is 6.44. The first-order valence-electron chi connectivity index (χ1n) is 8.51. The lowest BCUT2D eigenvalue weighted by Gasteiger charge is -2.35. The number of amides is 1. The maximum absolute atomic E-state index is 12.1. The number of hydrogen-bond donors (Lipinski definition) is 2. The van der Waals surface area contributed by atoms with Crippen molar-refractivity contribution < 1.29 is 9.90 Å². The van der Waals surface area contributed by atoms with E-state index in [4.69, 9.17) is 5.73 Å². The van der Waals surface area contributed by atoms with Crippen LogP contribution in [0, 0.1) is 5.92 Å². The summed E-state index contributed by atoms with van der Waals surface area (Å²) >= 11 is 1.54. The molecule has 1 unspecified atom stereocenters. The van der Waals surface area contributed by atoms with Crippen molar-refractivity contribution in [2.45, 2.75) is 39.2 Å². The first kappa shape index (κ1) is 19.7. The molecule has 1 aliphatic rings. The zero-order chi connectivity index (χ0) is 16.4. The minimum absolute atomic E-state index is 0.121. The van der Waals surface area contributed by atoms with Crippen LogP contribution in [0.1, 0.15) is 33.1 Å². The van der Waals surface area contributed by atoms with Crippen molar-refractivity contribution in [3.63, 3.8) is 0 Å². The van der Waals surface area contributed by atoms with Crippen molar-refractivity contribution in [2.75, 3.05) is 50.8 Å². The highest BCUT2D eigenvalue weighted by molar-refractivity contribution is 7.99. The molecule has 22 heavy (non-hydrogen) atoms. The average molecular weight is 332 g/mol. The van der Waals surface area contributed by atoms with E-state index in [1.54, 1.807) is 4.90 Å². The first-order chi connectivity index (χ1) is 10.5. The Morgan fingerprint density at radius 3 is 2.50 bits per heavy atom. The largest absolute Gasteiger partial charge is 0.382 e. The maximum atomic E-state index is 12.1. The van der Waals surface area contributed by atoms with Crippen molar-refractivity contribution >= 4 is 17.7 Å². The molecule has 0 spiro atoms. The molecule has 0 radical (unpaired) electrons. The van der Waals surface area contributed by atoms with Gasteiger partial charge >= 0.3 is 0 Å². The van der Waals surface area contributed by atoms with Crippen LogP contribution in [0.25, 0.3) is 0 Å². The lowest BCUT2D eigenvalue weighted by atomic mass is 10.1. The van der Waals surface area contributed by atoms with Gasteiger partial charge in [0.05, 0.1) is 0 Å². The minimum Gasteiger partial charge on any atom is -0.382 e. The van der Waals surface area contributed by atoms with Gasteiger partial charge in [0.15, 0.2) is 0 Å². The molecule has 0 aromatic rings. The van der Waals surface area contributed by atoms with Crippen LogP contribution in [0.2, 0.25) is 0 Å². The number of thioether (sulfide) groups is 1. The van der Waals surface area contributed by atoms with E-state index in [1.165, 1.54) is 31.0 Å². The van der Waals surface area contributed by atoms with Crippen LogP contribution in [-0.4, -0.2) is 77.7 Å². The lowest BCUT2D eigenvalue weighted by molar-refractivity contribution is -0.140. The number of aliphatic hydroxyl groups is 1. The van der Waals surface area contributed by atoms with Crippen LogP contribution in [0.4, 0.5) is 0 Å². The number of hydrogen-bond acceptors (Lipinski definition) is 5. The highest BCUT2D eigenvalue weighted by Crippen LogP contribution is 2.11. The van der Waals surface area contributed by atoms with Crippen molar-refractivity contribution in [3.05, 3.63) is 0 Å². The standard InChI is InChI=1S/C16H33N3O2S/c1-14(2)5-3-4-7-18-8-10-19(11-9-18)16(21)15(20)13-22-12-6-17/h14-15,20H,3-13,17H2,1-2H3. The Morgan fingerprint density at radius 2 is 1.91 bits per heavy atom. The maximum Gasteiger partial charge on any atom is 0.252 e. The smallest absolute Gasteiger partial charge is 0.252 e. The predicted octanol–water partition coefficient (Wildman–Crippen LogP) is 1.01. The molecule has 1 amide bonds. The van der Waals surface area contributed by atoms with E-state index in [0.717, 1.165) is 44.4 Å². The van der Waals surface area contributed by atoms with Gasteiger partial charge in [0.2, 0.25) is 0 Å². The van der Waals surface area contributed by atoms with Gasteiger partial charge in [-0.1, -0.05) is 26.7 Å². The Morgan fingerprint density at radius 1 is 1.23 bits per heavy atom. The molecule has 1 saturated heterocycles. The molecular formula is C16H33N3O2S. The van der Waals surface area contributed by atoms with E-state index >= 15 is 0 Å². The van der Waals surface area contributed by atoms with Crippen molar-refractivity contribution in [1.29, 1.82) is 0 Å². The van der Waals surface area contributed by atoms with Crippen LogP contribution < -0.4 is 5.73 Å². The molecule has 1 atom stereocenters. The third kappa shape index (κ3) is 7.81. The number of piperazine rings is 1. The van der Waals surface area contributed by atoms with Crippen molar-refractivity contribution in [3.8, 4) is 0 Å².